The van der Waals surface area contributed by atoms with Crippen molar-refractivity contribution in [2.45, 2.75) is 26.8 Å². The number of carbonyl (C=O) groups is 1. The van der Waals surface area contributed by atoms with Crippen molar-refractivity contribution in [3.05, 3.63) is 45.0 Å². The van der Waals surface area contributed by atoms with Crippen LogP contribution in [-0.2, 0) is 4.74 Å². The zero-order valence-electron chi connectivity index (χ0n) is 13.3. The Balaban J connectivity index is 1.99. The molecule has 122 valence electrons. The minimum absolute atomic E-state index is 0.186. The van der Waals surface area contributed by atoms with E-state index in [0.29, 0.717) is 48.3 Å². The van der Waals surface area contributed by atoms with Gasteiger partial charge in [-0.2, -0.15) is 0 Å². The topological polar surface area (TPSA) is 101 Å². The fourth-order valence-corrected chi connectivity index (χ4v) is 2.80. The predicted molar refractivity (Wildman–Crippen MR) is 80.2 cm³/mol. The van der Waals surface area contributed by atoms with E-state index in [9.17, 15) is 9.59 Å². The third-order valence-electron chi connectivity index (χ3n) is 3.86. The molecule has 3 rings (SSSR count). The lowest BCUT2D eigenvalue weighted by Gasteiger charge is -2.35. The summed E-state index contributed by atoms with van der Waals surface area (Å²) in [6.45, 7) is 6.29. The molecule has 2 aromatic heterocycles. The zero-order valence-corrected chi connectivity index (χ0v) is 13.3. The van der Waals surface area contributed by atoms with Crippen LogP contribution in [0.25, 0.3) is 0 Å². The Hall–Kier alpha value is -2.48. The van der Waals surface area contributed by atoms with Crippen molar-refractivity contribution in [1.82, 2.24) is 20.0 Å². The summed E-state index contributed by atoms with van der Waals surface area (Å²) in [5.41, 5.74) is 1.28. The Morgan fingerprint density at radius 1 is 1.39 bits per heavy atom. The number of rotatable bonds is 2. The second-order valence-electron chi connectivity index (χ2n) is 5.54. The lowest BCUT2D eigenvalue weighted by molar-refractivity contribution is -0.00413. The van der Waals surface area contributed by atoms with Crippen LogP contribution in [0.15, 0.2) is 15.4 Å². The van der Waals surface area contributed by atoms with Crippen molar-refractivity contribution in [2.75, 3.05) is 19.8 Å². The quantitative estimate of drug-likeness (QED) is 0.882. The molecular formula is C15H18N4O4. The molecule has 8 nitrogen and oxygen atoms in total. The Morgan fingerprint density at radius 2 is 2.17 bits per heavy atom. The first-order valence-electron chi connectivity index (χ1n) is 7.37. The number of hydrogen-bond acceptors (Lipinski definition) is 6. The highest BCUT2D eigenvalue weighted by molar-refractivity contribution is 5.96. The number of morpholine rings is 1. The molecule has 1 aliphatic heterocycles. The van der Waals surface area contributed by atoms with E-state index >= 15 is 0 Å². The Bertz CT molecular complexity index is 776. The van der Waals surface area contributed by atoms with Crippen molar-refractivity contribution in [1.29, 1.82) is 0 Å². The van der Waals surface area contributed by atoms with Gasteiger partial charge >= 0.3 is 0 Å². The molecule has 0 spiro atoms. The van der Waals surface area contributed by atoms with Gasteiger partial charge in [-0.05, 0) is 20.8 Å². The van der Waals surface area contributed by atoms with E-state index in [1.165, 1.54) is 6.07 Å². The fraction of sp³-hybridized carbons (Fsp3) is 0.467. The molecule has 1 N–H and O–H groups in total. The normalized spacial score (nSPS) is 18.2. The lowest BCUT2D eigenvalue weighted by Crippen LogP contribution is -2.44. The maximum absolute atomic E-state index is 12.9. The van der Waals surface area contributed by atoms with Crippen LogP contribution in [0.3, 0.4) is 0 Å². The van der Waals surface area contributed by atoms with E-state index in [-0.39, 0.29) is 11.5 Å². The third kappa shape index (κ3) is 2.89. The molecule has 0 bridgehead atoms. The van der Waals surface area contributed by atoms with Gasteiger partial charge in [0.1, 0.15) is 17.1 Å². The summed E-state index contributed by atoms with van der Waals surface area (Å²) >= 11 is 0. The lowest BCUT2D eigenvalue weighted by atomic mass is 10.1. The van der Waals surface area contributed by atoms with Gasteiger partial charge in [0.25, 0.3) is 11.5 Å². The van der Waals surface area contributed by atoms with Crippen LogP contribution >= 0.6 is 0 Å². The van der Waals surface area contributed by atoms with Gasteiger partial charge in [-0.1, -0.05) is 5.16 Å². The first kappa shape index (κ1) is 15.4. The summed E-state index contributed by atoms with van der Waals surface area (Å²) in [6, 6.07) is 0.992. The molecule has 2 aromatic rings. The highest BCUT2D eigenvalue weighted by atomic mass is 16.5. The Labute approximate surface area is 132 Å². The monoisotopic (exact) mass is 318 g/mol. The second-order valence-corrected chi connectivity index (χ2v) is 5.54. The highest BCUT2D eigenvalue weighted by Crippen LogP contribution is 2.26. The molecule has 23 heavy (non-hydrogen) atoms. The zero-order chi connectivity index (χ0) is 16.6. The molecule has 3 heterocycles. The molecule has 0 aromatic carbocycles. The number of hydrogen-bond donors (Lipinski definition) is 1. The van der Waals surface area contributed by atoms with Crippen molar-refractivity contribution in [2.24, 2.45) is 0 Å². The standard InChI is InChI=1S/C15H18N4O4/c1-8-14(9(2)23-18-8)15(21)19-4-5-22-7-12(19)11-6-13(20)17-10(3)16-11/h6,12H,4-5,7H2,1-3H3,(H,16,17,20)/t12-/m0/s1. The van der Waals surface area contributed by atoms with Gasteiger partial charge < -0.3 is 19.1 Å². The van der Waals surface area contributed by atoms with Crippen molar-refractivity contribution < 1.29 is 14.1 Å². The first-order valence-corrected chi connectivity index (χ1v) is 7.37. The third-order valence-corrected chi connectivity index (χ3v) is 3.86. The van der Waals surface area contributed by atoms with Crippen LogP contribution < -0.4 is 5.56 Å². The number of nitrogens with one attached hydrogen (secondary N) is 1. The molecule has 0 aliphatic carbocycles. The predicted octanol–water partition coefficient (Wildman–Crippen LogP) is 0.897. The van der Waals surface area contributed by atoms with Crippen LogP contribution in [0.4, 0.5) is 0 Å². The molecule has 1 aliphatic rings. The van der Waals surface area contributed by atoms with Gasteiger partial charge in [0.2, 0.25) is 0 Å². The van der Waals surface area contributed by atoms with Gasteiger partial charge in [0.05, 0.1) is 30.6 Å². The summed E-state index contributed by atoms with van der Waals surface area (Å²) in [6.07, 6.45) is 0. The largest absolute Gasteiger partial charge is 0.377 e. The maximum Gasteiger partial charge on any atom is 0.260 e. The van der Waals surface area contributed by atoms with Crippen molar-refractivity contribution in [3.8, 4) is 0 Å². The summed E-state index contributed by atoms with van der Waals surface area (Å²) in [5.74, 6) is 0.796. The molecule has 0 saturated carbocycles. The average molecular weight is 318 g/mol. The van der Waals surface area contributed by atoms with E-state index in [1.807, 2.05) is 0 Å². The highest BCUT2D eigenvalue weighted by Gasteiger charge is 2.33. The van der Waals surface area contributed by atoms with Crippen molar-refractivity contribution in [3.63, 3.8) is 0 Å². The minimum atomic E-state index is -0.411. The van der Waals surface area contributed by atoms with Crippen molar-refractivity contribution >= 4 is 5.91 Å². The second kappa shape index (κ2) is 5.96. The first-order chi connectivity index (χ1) is 11.0. The molecule has 1 fully saturated rings. The number of nitrogens with zero attached hydrogens (tertiary/aromatic N) is 3. The molecule has 0 radical (unpaired) electrons. The Morgan fingerprint density at radius 3 is 2.83 bits per heavy atom. The van der Waals surface area contributed by atoms with Crippen LogP contribution in [-0.4, -0.2) is 45.7 Å². The summed E-state index contributed by atoms with van der Waals surface area (Å²) in [7, 11) is 0. The average Bonchev–Trinajstić information content (AvgIpc) is 2.84. The van der Waals surface area contributed by atoms with E-state index < -0.39 is 6.04 Å². The Kier molecular flexibility index (Phi) is 3.99. The maximum atomic E-state index is 12.9. The van der Waals surface area contributed by atoms with E-state index in [1.54, 1.807) is 25.7 Å². The van der Waals surface area contributed by atoms with E-state index in [4.69, 9.17) is 9.26 Å². The SMILES string of the molecule is Cc1nc([C@@H]2COCCN2C(=O)c2c(C)noc2C)cc(=O)[nH]1. The smallest absolute Gasteiger partial charge is 0.260 e. The van der Waals surface area contributed by atoms with Gasteiger partial charge in [-0.15, -0.1) is 0 Å². The number of ether oxygens (including phenoxy) is 1. The van der Waals surface area contributed by atoms with Crippen LogP contribution in [0.2, 0.25) is 0 Å². The summed E-state index contributed by atoms with van der Waals surface area (Å²) < 4.78 is 10.6. The van der Waals surface area contributed by atoms with E-state index in [0.717, 1.165) is 0 Å². The van der Waals surface area contributed by atoms with Crippen LogP contribution in [0.1, 0.15) is 39.4 Å². The van der Waals surface area contributed by atoms with Gasteiger partial charge in [0.15, 0.2) is 0 Å². The minimum Gasteiger partial charge on any atom is -0.377 e. The van der Waals surface area contributed by atoms with Crippen LogP contribution in [0.5, 0.6) is 0 Å². The van der Waals surface area contributed by atoms with Gasteiger partial charge in [-0.25, -0.2) is 4.98 Å². The molecular weight excluding hydrogens is 300 g/mol. The summed E-state index contributed by atoms with van der Waals surface area (Å²) in [5, 5.41) is 3.83. The molecule has 0 unspecified atom stereocenters. The summed E-state index contributed by atoms with van der Waals surface area (Å²) in [4.78, 5) is 33.2. The number of amides is 1. The number of aromatic nitrogens is 3. The number of aryl methyl sites for hydroxylation is 3. The molecule has 1 atom stereocenters. The molecule has 1 amide bonds. The molecule has 8 heteroatoms. The van der Waals surface area contributed by atoms with Crippen LogP contribution in [0, 0.1) is 20.8 Å². The number of carbonyl (C=O) groups excluding carboxylic acids is 1. The van der Waals surface area contributed by atoms with Gasteiger partial charge in [-0.3, -0.25) is 9.59 Å². The van der Waals surface area contributed by atoms with Gasteiger partial charge in [0, 0.05) is 12.6 Å². The number of aromatic amines is 1. The number of H-pyrrole nitrogens is 1. The van der Waals surface area contributed by atoms with E-state index in [2.05, 4.69) is 15.1 Å². The fourth-order valence-electron chi connectivity index (χ4n) is 2.80. The molecule has 1 saturated heterocycles.